The van der Waals surface area contributed by atoms with Crippen LogP contribution in [-0.4, -0.2) is 15.0 Å². The van der Waals surface area contributed by atoms with Crippen molar-refractivity contribution in [2.45, 2.75) is 20.0 Å². The van der Waals surface area contributed by atoms with Gasteiger partial charge in [-0.3, -0.25) is 0 Å². The lowest BCUT2D eigenvalue weighted by atomic mass is 10.1. The Morgan fingerprint density at radius 1 is 1.47 bits per heavy atom. The van der Waals surface area contributed by atoms with E-state index >= 15 is 0 Å². The topological polar surface area (TPSA) is 56.7 Å². The molecule has 0 radical (unpaired) electrons. The standard InChI is InChI=1S/C13H16N4/c1-3-7-17-13(12(9-14)15-16-17)11-6-4-5-10(2)8-11/h3-6,8H,1,7,9,14H2,2H3. The van der Waals surface area contributed by atoms with E-state index in [2.05, 4.69) is 35.9 Å². The first kappa shape index (κ1) is 11.5. The summed E-state index contributed by atoms with van der Waals surface area (Å²) in [5, 5.41) is 8.20. The molecule has 88 valence electrons. The summed E-state index contributed by atoms with van der Waals surface area (Å²) in [7, 11) is 0. The average molecular weight is 228 g/mol. The van der Waals surface area contributed by atoms with Gasteiger partial charge in [0.1, 0.15) is 5.69 Å². The third-order valence-corrected chi connectivity index (χ3v) is 2.59. The maximum absolute atomic E-state index is 5.69. The van der Waals surface area contributed by atoms with Crippen molar-refractivity contribution in [1.82, 2.24) is 15.0 Å². The quantitative estimate of drug-likeness (QED) is 0.813. The predicted octanol–water partition coefficient (Wildman–Crippen LogP) is 1.90. The second-order valence-corrected chi connectivity index (χ2v) is 3.93. The van der Waals surface area contributed by atoms with Crippen molar-refractivity contribution >= 4 is 0 Å². The smallest absolute Gasteiger partial charge is 0.104 e. The van der Waals surface area contributed by atoms with Gasteiger partial charge in [-0.25, -0.2) is 4.68 Å². The number of hydrogen-bond acceptors (Lipinski definition) is 3. The van der Waals surface area contributed by atoms with Crippen LogP contribution in [0.15, 0.2) is 36.9 Å². The van der Waals surface area contributed by atoms with Crippen LogP contribution in [0.1, 0.15) is 11.3 Å². The fourth-order valence-electron chi connectivity index (χ4n) is 1.84. The molecular formula is C13H16N4. The fourth-order valence-corrected chi connectivity index (χ4v) is 1.84. The molecule has 17 heavy (non-hydrogen) atoms. The van der Waals surface area contributed by atoms with Gasteiger partial charge in [-0.15, -0.1) is 11.7 Å². The number of hydrogen-bond donors (Lipinski definition) is 1. The maximum atomic E-state index is 5.69. The Morgan fingerprint density at radius 3 is 2.94 bits per heavy atom. The molecule has 1 aromatic heterocycles. The van der Waals surface area contributed by atoms with E-state index in [1.54, 1.807) is 6.08 Å². The van der Waals surface area contributed by atoms with Crippen LogP contribution in [-0.2, 0) is 13.1 Å². The van der Waals surface area contributed by atoms with Crippen LogP contribution in [0.2, 0.25) is 0 Å². The minimum Gasteiger partial charge on any atom is -0.325 e. The van der Waals surface area contributed by atoms with Gasteiger partial charge in [0, 0.05) is 12.1 Å². The zero-order chi connectivity index (χ0) is 12.3. The molecule has 0 bridgehead atoms. The molecule has 1 aromatic carbocycles. The van der Waals surface area contributed by atoms with Gasteiger partial charge >= 0.3 is 0 Å². The van der Waals surface area contributed by atoms with Crippen molar-refractivity contribution in [2.24, 2.45) is 5.73 Å². The zero-order valence-corrected chi connectivity index (χ0v) is 9.93. The molecule has 0 fully saturated rings. The van der Waals surface area contributed by atoms with Gasteiger partial charge in [0.05, 0.1) is 12.2 Å². The summed E-state index contributed by atoms with van der Waals surface area (Å²) < 4.78 is 1.82. The van der Waals surface area contributed by atoms with Gasteiger partial charge in [-0.2, -0.15) is 0 Å². The van der Waals surface area contributed by atoms with E-state index in [-0.39, 0.29) is 0 Å². The summed E-state index contributed by atoms with van der Waals surface area (Å²) in [6, 6.07) is 8.24. The van der Waals surface area contributed by atoms with Gasteiger partial charge < -0.3 is 5.73 Å². The highest BCUT2D eigenvalue weighted by molar-refractivity contribution is 5.62. The largest absolute Gasteiger partial charge is 0.325 e. The molecule has 2 aromatic rings. The van der Waals surface area contributed by atoms with Crippen LogP contribution < -0.4 is 5.73 Å². The molecular weight excluding hydrogens is 212 g/mol. The number of benzene rings is 1. The van der Waals surface area contributed by atoms with Crippen molar-refractivity contribution in [1.29, 1.82) is 0 Å². The summed E-state index contributed by atoms with van der Waals surface area (Å²) in [5.41, 5.74) is 9.79. The molecule has 0 spiro atoms. The van der Waals surface area contributed by atoms with Crippen LogP contribution in [0.25, 0.3) is 11.3 Å². The minimum atomic E-state index is 0.389. The Kier molecular flexibility index (Phi) is 3.35. The van der Waals surface area contributed by atoms with Crippen molar-refractivity contribution in [3.8, 4) is 11.3 Å². The van der Waals surface area contributed by atoms with Crippen molar-refractivity contribution in [3.63, 3.8) is 0 Å². The summed E-state index contributed by atoms with van der Waals surface area (Å²) >= 11 is 0. The van der Waals surface area contributed by atoms with Crippen molar-refractivity contribution < 1.29 is 0 Å². The van der Waals surface area contributed by atoms with E-state index in [0.717, 1.165) is 17.0 Å². The Morgan fingerprint density at radius 2 is 2.29 bits per heavy atom. The molecule has 2 rings (SSSR count). The van der Waals surface area contributed by atoms with Gasteiger partial charge in [0.15, 0.2) is 0 Å². The molecule has 0 aliphatic heterocycles. The molecule has 0 amide bonds. The molecule has 4 heteroatoms. The van der Waals surface area contributed by atoms with E-state index in [4.69, 9.17) is 5.73 Å². The van der Waals surface area contributed by atoms with E-state index in [9.17, 15) is 0 Å². The molecule has 0 aliphatic carbocycles. The lowest BCUT2D eigenvalue weighted by molar-refractivity contribution is 0.667. The third-order valence-electron chi connectivity index (χ3n) is 2.59. The van der Waals surface area contributed by atoms with Crippen LogP contribution in [0.5, 0.6) is 0 Å². The monoisotopic (exact) mass is 228 g/mol. The summed E-state index contributed by atoms with van der Waals surface area (Å²) in [6.45, 7) is 6.81. The number of aromatic nitrogens is 3. The molecule has 4 nitrogen and oxygen atoms in total. The van der Waals surface area contributed by atoms with Crippen LogP contribution in [0.4, 0.5) is 0 Å². The number of rotatable bonds is 4. The number of nitrogens with zero attached hydrogens (tertiary/aromatic N) is 3. The molecule has 0 saturated carbocycles. The summed E-state index contributed by atoms with van der Waals surface area (Å²) in [4.78, 5) is 0. The maximum Gasteiger partial charge on any atom is 0.104 e. The van der Waals surface area contributed by atoms with Gasteiger partial charge in [-0.05, 0) is 13.0 Å². The first-order valence-corrected chi connectivity index (χ1v) is 5.56. The predicted molar refractivity (Wildman–Crippen MR) is 68.3 cm³/mol. The van der Waals surface area contributed by atoms with E-state index < -0.39 is 0 Å². The fraction of sp³-hybridized carbons (Fsp3) is 0.231. The number of allylic oxidation sites excluding steroid dienone is 1. The first-order chi connectivity index (χ1) is 8.26. The molecule has 0 unspecified atom stereocenters. The Bertz CT molecular complexity index is 528. The SMILES string of the molecule is C=CCn1nnc(CN)c1-c1cccc(C)c1. The molecule has 0 aliphatic rings. The Hall–Kier alpha value is -1.94. The highest BCUT2D eigenvalue weighted by atomic mass is 15.4. The highest BCUT2D eigenvalue weighted by Crippen LogP contribution is 2.22. The summed E-state index contributed by atoms with van der Waals surface area (Å²) in [5.74, 6) is 0. The van der Waals surface area contributed by atoms with Gasteiger partial charge in [-0.1, -0.05) is 35.1 Å². The minimum absolute atomic E-state index is 0.389. The van der Waals surface area contributed by atoms with Crippen LogP contribution in [0.3, 0.4) is 0 Å². The number of aryl methyl sites for hydroxylation is 1. The van der Waals surface area contributed by atoms with Gasteiger partial charge in [0.25, 0.3) is 0 Å². The van der Waals surface area contributed by atoms with E-state index in [1.807, 2.05) is 16.8 Å². The number of nitrogens with two attached hydrogens (primary N) is 1. The average Bonchev–Trinajstić information content (AvgIpc) is 2.72. The summed E-state index contributed by atoms with van der Waals surface area (Å²) in [6.07, 6.45) is 1.80. The molecule has 0 saturated heterocycles. The lowest BCUT2D eigenvalue weighted by Crippen LogP contribution is -2.03. The first-order valence-electron chi connectivity index (χ1n) is 5.56. The Labute approximate surface area is 101 Å². The highest BCUT2D eigenvalue weighted by Gasteiger charge is 2.12. The van der Waals surface area contributed by atoms with E-state index in [1.165, 1.54) is 5.56 Å². The Balaban J connectivity index is 2.55. The van der Waals surface area contributed by atoms with Crippen molar-refractivity contribution in [2.75, 3.05) is 0 Å². The van der Waals surface area contributed by atoms with Crippen LogP contribution in [0, 0.1) is 6.92 Å². The lowest BCUT2D eigenvalue weighted by Gasteiger charge is -2.06. The second-order valence-electron chi connectivity index (χ2n) is 3.93. The molecule has 1 heterocycles. The zero-order valence-electron chi connectivity index (χ0n) is 9.93. The second kappa shape index (κ2) is 4.93. The van der Waals surface area contributed by atoms with Crippen LogP contribution >= 0.6 is 0 Å². The normalized spacial score (nSPS) is 10.5. The molecule has 2 N–H and O–H groups in total. The molecule has 0 atom stereocenters. The van der Waals surface area contributed by atoms with Crippen molar-refractivity contribution in [3.05, 3.63) is 48.2 Å². The van der Waals surface area contributed by atoms with E-state index in [0.29, 0.717) is 13.1 Å². The van der Waals surface area contributed by atoms with Gasteiger partial charge in [0.2, 0.25) is 0 Å². The third kappa shape index (κ3) is 2.26.